The zero-order valence-corrected chi connectivity index (χ0v) is 13.5. The molecular weight excluding hydrogens is 251 g/mol. The van der Waals surface area contributed by atoms with Gasteiger partial charge in [0.15, 0.2) is 5.78 Å². The first-order chi connectivity index (χ1) is 8.73. The van der Waals surface area contributed by atoms with Crippen molar-refractivity contribution in [3.8, 4) is 0 Å². The number of carbonyl (C=O) groups is 1. The molecule has 95 valence electrons. The molecule has 0 N–H and O–H groups in total. The molecule has 1 radical (unpaired) electrons. The van der Waals surface area contributed by atoms with E-state index in [1.165, 1.54) is 14.2 Å². The van der Waals surface area contributed by atoms with Gasteiger partial charge in [0.25, 0.3) is 0 Å². The van der Waals surface area contributed by atoms with E-state index in [1.54, 1.807) is 18.2 Å². The molecule has 1 aromatic rings. The van der Waals surface area contributed by atoms with Crippen molar-refractivity contribution in [1.82, 2.24) is 0 Å². The van der Waals surface area contributed by atoms with Crippen LogP contribution >= 0.6 is 0 Å². The van der Waals surface area contributed by atoms with Crippen molar-refractivity contribution in [3.05, 3.63) is 60.2 Å². The third kappa shape index (κ3) is 3.25. The Balaban J connectivity index is 0.00000180. The molecule has 0 spiro atoms. The van der Waals surface area contributed by atoms with E-state index in [0.717, 1.165) is 0 Å². The summed E-state index contributed by atoms with van der Waals surface area (Å²) in [6.45, 7) is 0. The Labute approximate surface area is 135 Å². The summed E-state index contributed by atoms with van der Waals surface area (Å²) in [6.07, 6.45) is 7.23. The number of benzene rings is 1. The normalized spacial score (nSPS) is 19.8. The third-order valence-corrected chi connectivity index (χ3v) is 3.16. The zero-order chi connectivity index (χ0) is 13.0. The predicted octanol–water partition coefficient (Wildman–Crippen LogP) is 2.22. The molecule has 0 bridgehead atoms. The standard InChI is InChI=1S/C15H16O3.Na/c1-17-15(18-2)11-7-6-10-13(15)14(16)12-8-4-3-5-9-12;/h3-11,13H,1-2H3;. The molecular formula is C15H16NaO3. The van der Waals surface area contributed by atoms with Crippen LogP contribution in [0.5, 0.6) is 0 Å². The fraction of sp³-hybridized carbons (Fsp3) is 0.267. The van der Waals surface area contributed by atoms with Gasteiger partial charge in [-0.3, -0.25) is 4.79 Å². The van der Waals surface area contributed by atoms with Crippen molar-refractivity contribution in [2.75, 3.05) is 14.2 Å². The Hall–Kier alpha value is -0.710. The average molecular weight is 267 g/mol. The van der Waals surface area contributed by atoms with E-state index < -0.39 is 11.7 Å². The van der Waals surface area contributed by atoms with Crippen LogP contribution in [-0.4, -0.2) is 55.3 Å². The second kappa shape index (κ2) is 7.17. The second-order valence-corrected chi connectivity index (χ2v) is 4.08. The van der Waals surface area contributed by atoms with Gasteiger partial charge in [-0.05, 0) is 6.08 Å². The maximum atomic E-state index is 12.5. The van der Waals surface area contributed by atoms with Crippen molar-refractivity contribution in [1.29, 1.82) is 0 Å². The van der Waals surface area contributed by atoms with Crippen LogP contribution in [0.15, 0.2) is 54.6 Å². The summed E-state index contributed by atoms with van der Waals surface area (Å²) in [4.78, 5) is 12.5. The molecule has 0 heterocycles. The quantitative estimate of drug-likeness (QED) is 0.477. The van der Waals surface area contributed by atoms with Crippen molar-refractivity contribution in [2.24, 2.45) is 5.92 Å². The average Bonchev–Trinajstić information content (AvgIpc) is 2.47. The molecule has 0 saturated carbocycles. The predicted molar refractivity (Wildman–Crippen MR) is 75.0 cm³/mol. The van der Waals surface area contributed by atoms with Gasteiger partial charge in [0.2, 0.25) is 5.79 Å². The Kier molecular flexibility index (Phi) is 6.17. The van der Waals surface area contributed by atoms with Crippen LogP contribution in [0.4, 0.5) is 0 Å². The van der Waals surface area contributed by atoms with Gasteiger partial charge < -0.3 is 9.47 Å². The Bertz CT molecular complexity index is 475. The maximum Gasteiger partial charge on any atom is 0.201 e. The molecule has 1 aliphatic carbocycles. The number of hydrogen-bond acceptors (Lipinski definition) is 3. The fourth-order valence-corrected chi connectivity index (χ4v) is 2.13. The first kappa shape index (κ1) is 16.3. The molecule has 2 rings (SSSR count). The van der Waals surface area contributed by atoms with Gasteiger partial charge in [0.1, 0.15) is 0 Å². The summed E-state index contributed by atoms with van der Waals surface area (Å²) in [7, 11) is 3.08. The van der Waals surface area contributed by atoms with E-state index in [1.807, 2.05) is 36.4 Å². The van der Waals surface area contributed by atoms with Gasteiger partial charge in [-0.25, -0.2) is 0 Å². The van der Waals surface area contributed by atoms with Crippen LogP contribution in [0.1, 0.15) is 10.4 Å². The van der Waals surface area contributed by atoms with Gasteiger partial charge in [0.05, 0.1) is 5.92 Å². The molecule has 1 atom stereocenters. The van der Waals surface area contributed by atoms with E-state index in [-0.39, 0.29) is 35.3 Å². The molecule has 3 nitrogen and oxygen atoms in total. The molecule has 19 heavy (non-hydrogen) atoms. The van der Waals surface area contributed by atoms with Gasteiger partial charge in [-0.1, -0.05) is 48.6 Å². The van der Waals surface area contributed by atoms with Gasteiger partial charge in [-0.2, -0.15) is 0 Å². The van der Waals surface area contributed by atoms with E-state index in [4.69, 9.17) is 9.47 Å². The molecule has 0 saturated heterocycles. The van der Waals surface area contributed by atoms with Crippen LogP contribution in [0.2, 0.25) is 0 Å². The first-order valence-electron chi connectivity index (χ1n) is 5.79. The van der Waals surface area contributed by atoms with Crippen LogP contribution in [-0.2, 0) is 9.47 Å². The summed E-state index contributed by atoms with van der Waals surface area (Å²) < 4.78 is 10.8. The molecule has 0 aromatic heterocycles. The van der Waals surface area contributed by atoms with E-state index >= 15 is 0 Å². The minimum absolute atomic E-state index is 0. The first-order valence-corrected chi connectivity index (χ1v) is 5.79. The van der Waals surface area contributed by atoms with E-state index in [9.17, 15) is 4.79 Å². The Morgan fingerprint density at radius 3 is 2.32 bits per heavy atom. The van der Waals surface area contributed by atoms with Gasteiger partial charge in [-0.15, -0.1) is 0 Å². The summed E-state index contributed by atoms with van der Waals surface area (Å²) in [5.74, 6) is -1.50. The van der Waals surface area contributed by atoms with Crippen LogP contribution in [0, 0.1) is 5.92 Å². The number of ether oxygens (including phenoxy) is 2. The summed E-state index contributed by atoms with van der Waals surface area (Å²) in [5.41, 5.74) is 0.654. The molecule has 0 aliphatic heterocycles. The van der Waals surface area contributed by atoms with Crippen LogP contribution in [0.3, 0.4) is 0 Å². The van der Waals surface area contributed by atoms with Crippen LogP contribution in [0.25, 0.3) is 0 Å². The smallest absolute Gasteiger partial charge is 0.201 e. The number of methoxy groups -OCH3 is 2. The number of carbonyl (C=O) groups excluding carboxylic acids is 1. The van der Waals surface area contributed by atoms with Gasteiger partial charge in [0, 0.05) is 49.3 Å². The summed E-state index contributed by atoms with van der Waals surface area (Å²) in [6, 6.07) is 9.16. The van der Waals surface area contributed by atoms with Crippen molar-refractivity contribution in [2.45, 2.75) is 5.79 Å². The molecule has 1 aromatic carbocycles. The monoisotopic (exact) mass is 267 g/mol. The van der Waals surface area contributed by atoms with Gasteiger partial charge >= 0.3 is 0 Å². The van der Waals surface area contributed by atoms with Crippen molar-refractivity contribution < 1.29 is 14.3 Å². The van der Waals surface area contributed by atoms with Crippen molar-refractivity contribution in [3.63, 3.8) is 0 Å². The zero-order valence-electron chi connectivity index (χ0n) is 11.5. The number of ketones is 1. The molecule has 0 fully saturated rings. The number of hydrogen-bond donors (Lipinski definition) is 0. The molecule has 0 amide bonds. The minimum Gasteiger partial charge on any atom is -0.349 e. The third-order valence-electron chi connectivity index (χ3n) is 3.16. The summed E-state index contributed by atoms with van der Waals surface area (Å²) >= 11 is 0. The molecule has 1 aliphatic rings. The Morgan fingerprint density at radius 1 is 1.11 bits per heavy atom. The molecule has 1 unspecified atom stereocenters. The fourth-order valence-electron chi connectivity index (χ4n) is 2.13. The van der Waals surface area contributed by atoms with Crippen molar-refractivity contribution >= 4 is 35.3 Å². The second-order valence-electron chi connectivity index (χ2n) is 4.08. The maximum absolute atomic E-state index is 12.5. The molecule has 4 heteroatoms. The topological polar surface area (TPSA) is 35.5 Å². The Morgan fingerprint density at radius 2 is 1.74 bits per heavy atom. The number of rotatable bonds is 4. The SMILES string of the molecule is COC1(OC)C=CC=CC1C(=O)c1ccccc1.[Na]. The largest absolute Gasteiger partial charge is 0.349 e. The van der Waals surface area contributed by atoms with Crippen LogP contribution < -0.4 is 0 Å². The number of Topliss-reactive ketones (excluding diaryl/α,β-unsaturated/α-hetero) is 1. The number of allylic oxidation sites excluding steroid dienone is 2. The summed E-state index contributed by atoms with van der Waals surface area (Å²) in [5, 5.41) is 0. The van der Waals surface area contributed by atoms with E-state index in [0.29, 0.717) is 5.56 Å². The van der Waals surface area contributed by atoms with E-state index in [2.05, 4.69) is 0 Å². The minimum atomic E-state index is -1.01.